The number of rotatable bonds is 6. The number of thioether (sulfide) groups is 1. The lowest BCUT2D eigenvalue weighted by molar-refractivity contribution is -0.151. The zero-order chi connectivity index (χ0) is 16.5. The molecule has 0 unspecified atom stereocenters. The number of ether oxygens (including phenoxy) is 1. The fourth-order valence-corrected chi connectivity index (χ4v) is 2.32. The summed E-state index contributed by atoms with van der Waals surface area (Å²) in [7, 11) is 0. The van der Waals surface area contributed by atoms with E-state index in [1.165, 1.54) is 18.7 Å². The van der Waals surface area contributed by atoms with Gasteiger partial charge in [-0.25, -0.2) is 4.79 Å². The molecule has 0 saturated heterocycles. The Hall–Kier alpha value is -1.54. The van der Waals surface area contributed by atoms with Crippen LogP contribution in [0.2, 0.25) is 0 Å². The number of nitrogens with one attached hydrogen (secondary N) is 2. The third-order valence-corrected chi connectivity index (χ3v) is 3.94. The van der Waals surface area contributed by atoms with Crippen molar-refractivity contribution in [1.29, 1.82) is 0 Å². The van der Waals surface area contributed by atoms with E-state index in [9.17, 15) is 14.4 Å². The van der Waals surface area contributed by atoms with Crippen LogP contribution in [0.1, 0.15) is 13.8 Å². The molecule has 0 spiro atoms. The van der Waals surface area contributed by atoms with Crippen LogP contribution in [0, 0.1) is 0 Å². The molecule has 0 aromatic heterocycles. The van der Waals surface area contributed by atoms with E-state index in [1.54, 1.807) is 6.92 Å². The van der Waals surface area contributed by atoms with Crippen LogP contribution in [-0.2, 0) is 14.3 Å². The lowest BCUT2D eigenvalue weighted by Gasteiger charge is -2.12. The molecule has 0 aliphatic rings. The van der Waals surface area contributed by atoms with Crippen molar-refractivity contribution >= 4 is 45.6 Å². The molecule has 1 aromatic rings. The van der Waals surface area contributed by atoms with E-state index in [1.807, 2.05) is 24.3 Å². The van der Waals surface area contributed by atoms with E-state index in [-0.39, 0.29) is 5.75 Å². The van der Waals surface area contributed by atoms with Gasteiger partial charge in [0.1, 0.15) is 0 Å². The van der Waals surface area contributed by atoms with Crippen molar-refractivity contribution in [2.75, 3.05) is 12.3 Å². The van der Waals surface area contributed by atoms with Gasteiger partial charge in [0.2, 0.25) is 0 Å². The average molecular weight is 389 g/mol. The van der Waals surface area contributed by atoms with Crippen molar-refractivity contribution in [3.05, 3.63) is 28.7 Å². The number of esters is 1. The molecule has 6 nitrogen and oxygen atoms in total. The number of urea groups is 1. The second-order valence-corrected chi connectivity index (χ2v) is 6.19. The number of benzene rings is 1. The van der Waals surface area contributed by atoms with Crippen LogP contribution in [0.5, 0.6) is 0 Å². The highest BCUT2D eigenvalue weighted by atomic mass is 79.9. The third-order valence-electron chi connectivity index (χ3n) is 2.42. The lowest BCUT2D eigenvalue weighted by atomic mass is 10.4. The highest BCUT2D eigenvalue weighted by Crippen LogP contribution is 2.20. The zero-order valence-electron chi connectivity index (χ0n) is 12.2. The van der Waals surface area contributed by atoms with Gasteiger partial charge in [-0.15, -0.1) is 11.8 Å². The van der Waals surface area contributed by atoms with Gasteiger partial charge in [0, 0.05) is 15.9 Å². The molecular weight excluding hydrogens is 372 g/mol. The fraction of sp³-hybridized carbons (Fsp3) is 0.357. The van der Waals surface area contributed by atoms with Crippen LogP contribution in [0.3, 0.4) is 0 Å². The summed E-state index contributed by atoms with van der Waals surface area (Å²) < 4.78 is 5.93. The van der Waals surface area contributed by atoms with Crippen molar-refractivity contribution in [2.45, 2.75) is 24.8 Å². The van der Waals surface area contributed by atoms with Crippen LogP contribution in [0.25, 0.3) is 0 Å². The summed E-state index contributed by atoms with van der Waals surface area (Å²) in [6, 6.07) is 6.87. The number of carbonyl (C=O) groups excluding carboxylic acids is 3. The third kappa shape index (κ3) is 6.95. The molecule has 0 heterocycles. The summed E-state index contributed by atoms with van der Waals surface area (Å²) in [6.45, 7) is 3.54. The van der Waals surface area contributed by atoms with Gasteiger partial charge in [-0.3, -0.25) is 14.9 Å². The van der Waals surface area contributed by atoms with E-state index in [0.29, 0.717) is 6.54 Å². The molecule has 0 saturated carbocycles. The molecule has 0 aliphatic heterocycles. The van der Waals surface area contributed by atoms with Crippen LogP contribution >= 0.6 is 27.7 Å². The van der Waals surface area contributed by atoms with Crippen LogP contribution in [0.4, 0.5) is 4.79 Å². The Bertz CT molecular complexity index is 536. The number of halogens is 1. The first-order chi connectivity index (χ1) is 10.4. The highest BCUT2D eigenvalue weighted by Gasteiger charge is 2.19. The van der Waals surface area contributed by atoms with E-state index < -0.39 is 24.0 Å². The maximum absolute atomic E-state index is 11.7. The molecule has 22 heavy (non-hydrogen) atoms. The normalized spacial score (nSPS) is 11.4. The largest absolute Gasteiger partial charge is 0.452 e. The van der Waals surface area contributed by atoms with Crippen molar-refractivity contribution in [2.24, 2.45) is 0 Å². The van der Waals surface area contributed by atoms with Gasteiger partial charge in [0.15, 0.2) is 6.10 Å². The quantitative estimate of drug-likeness (QED) is 0.576. The first-order valence-corrected chi connectivity index (χ1v) is 8.36. The molecule has 0 aliphatic carbocycles. The summed E-state index contributed by atoms with van der Waals surface area (Å²) in [5.41, 5.74) is 0. The molecular formula is C14H17BrN2O4S. The van der Waals surface area contributed by atoms with Crippen LogP contribution in [0.15, 0.2) is 33.6 Å². The molecule has 0 bridgehead atoms. The average Bonchev–Trinajstić information content (AvgIpc) is 2.46. The molecule has 0 radical (unpaired) electrons. The minimum absolute atomic E-state index is 0.0837. The first kappa shape index (κ1) is 18.5. The lowest BCUT2D eigenvalue weighted by Crippen LogP contribution is -2.44. The molecule has 120 valence electrons. The Morgan fingerprint density at radius 1 is 1.27 bits per heavy atom. The maximum atomic E-state index is 11.7. The first-order valence-electron chi connectivity index (χ1n) is 6.59. The Kier molecular flexibility index (Phi) is 7.97. The van der Waals surface area contributed by atoms with Gasteiger partial charge in [0.05, 0.1) is 5.75 Å². The SMILES string of the molecule is CCNC(=O)NC(=O)[C@@H](C)OC(=O)CSc1ccc(Br)cc1. The van der Waals surface area contributed by atoms with Crippen LogP contribution in [-0.4, -0.2) is 36.3 Å². The Morgan fingerprint density at radius 2 is 1.91 bits per heavy atom. The second kappa shape index (κ2) is 9.47. The highest BCUT2D eigenvalue weighted by molar-refractivity contribution is 9.10. The van der Waals surface area contributed by atoms with Gasteiger partial charge >= 0.3 is 12.0 Å². The molecule has 3 amide bonds. The minimum atomic E-state index is -1.03. The van der Waals surface area contributed by atoms with Gasteiger partial charge in [-0.2, -0.15) is 0 Å². The van der Waals surface area contributed by atoms with Gasteiger partial charge in [-0.1, -0.05) is 15.9 Å². The molecule has 1 rings (SSSR count). The standard InChI is InChI=1S/C14H17BrN2O4S/c1-3-16-14(20)17-13(19)9(2)21-12(18)8-22-11-6-4-10(15)5-7-11/h4-7,9H,3,8H2,1-2H3,(H2,16,17,19,20)/t9-/m1/s1. The molecule has 1 atom stereocenters. The van der Waals surface area contributed by atoms with Crippen molar-refractivity contribution < 1.29 is 19.1 Å². The van der Waals surface area contributed by atoms with E-state index >= 15 is 0 Å². The summed E-state index contributed by atoms with van der Waals surface area (Å²) >= 11 is 4.63. The monoisotopic (exact) mass is 388 g/mol. The van der Waals surface area contributed by atoms with Crippen molar-refractivity contribution in [3.8, 4) is 0 Å². The summed E-state index contributed by atoms with van der Waals surface area (Å²) in [5.74, 6) is -1.10. The predicted octanol–water partition coefficient (Wildman–Crippen LogP) is 2.32. The smallest absolute Gasteiger partial charge is 0.321 e. The summed E-state index contributed by atoms with van der Waals surface area (Å²) in [6.07, 6.45) is -1.03. The van der Waals surface area contributed by atoms with Gasteiger partial charge < -0.3 is 10.1 Å². The molecule has 1 aromatic carbocycles. The predicted molar refractivity (Wildman–Crippen MR) is 87.6 cm³/mol. The Balaban J connectivity index is 2.35. The zero-order valence-corrected chi connectivity index (χ0v) is 14.6. The number of hydrogen-bond donors (Lipinski definition) is 2. The number of hydrogen-bond acceptors (Lipinski definition) is 5. The van der Waals surface area contributed by atoms with E-state index in [0.717, 1.165) is 9.37 Å². The summed E-state index contributed by atoms with van der Waals surface area (Å²) in [4.78, 5) is 35.4. The van der Waals surface area contributed by atoms with E-state index in [4.69, 9.17) is 4.74 Å². The number of carbonyl (C=O) groups is 3. The molecule has 2 N–H and O–H groups in total. The number of amides is 3. The fourth-order valence-electron chi connectivity index (χ4n) is 1.38. The molecule has 0 fully saturated rings. The van der Waals surface area contributed by atoms with Gasteiger partial charge in [0.25, 0.3) is 5.91 Å². The van der Waals surface area contributed by atoms with Crippen molar-refractivity contribution in [3.63, 3.8) is 0 Å². The Labute approximate surface area is 141 Å². The number of imide groups is 1. The molecule has 8 heteroatoms. The summed E-state index contributed by atoms with van der Waals surface area (Å²) in [5, 5.41) is 4.50. The maximum Gasteiger partial charge on any atom is 0.321 e. The van der Waals surface area contributed by atoms with Gasteiger partial charge in [-0.05, 0) is 38.1 Å². The second-order valence-electron chi connectivity index (χ2n) is 4.22. The van der Waals surface area contributed by atoms with E-state index in [2.05, 4.69) is 26.6 Å². The van der Waals surface area contributed by atoms with Crippen molar-refractivity contribution in [1.82, 2.24) is 10.6 Å². The topological polar surface area (TPSA) is 84.5 Å². The Morgan fingerprint density at radius 3 is 2.50 bits per heavy atom. The van der Waals surface area contributed by atoms with Crippen LogP contribution < -0.4 is 10.6 Å². The minimum Gasteiger partial charge on any atom is -0.452 e.